The monoisotopic (exact) mass is 466 g/mol. The molecule has 0 radical (unpaired) electrons. The first kappa shape index (κ1) is 27.8. The first-order chi connectivity index (χ1) is 13.0. The fourth-order valence-corrected chi connectivity index (χ4v) is 2.93. The fourth-order valence-electron chi connectivity index (χ4n) is 2.64. The summed E-state index contributed by atoms with van der Waals surface area (Å²) < 4.78 is 25.3. The first-order valence-corrected chi connectivity index (χ1v) is 9.56. The summed E-state index contributed by atoms with van der Waals surface area (Å²) in [6.45, 7) is 5.15. The van der Waals surface area contributed by atoms with Gasteiger partial charge in [0.15, 0.2) is 11.5 Å². The molecule has 0 amide bonds. The SMILES string of the molecule is CCOc1cc(CNCCCN(C)C)cc(Cl)c1OCc1ccccc1F.Cl.Cl. The van der Waals surface area contributed by atoms with Gasteiger partial charge in [0.25, 0.3) is 0 Å². The number of halogens is 4. The molecular formula is C21H30Cl3FN2O2. The first-order valence-electron chi connectivity index (χ1n) is 9.18. The van der Waals surface area contributed by atoms with Gasteiger partial charge in [0, 0.05) is 12.1 Å². The van der Waals surface area contributed by atoms with Crippen molar-refractivity contribution >= 4 is 36.4 Å². The molecule has 164 valence electrons. The molecule has 0 spiro atoms. The largest absolute Gasteiger partial charge is 0.490 e. The van der Waals surface area contributed by atoms with Crippen molar-refractivity contribution < 1.29 is 13.9 Å². The smallest absolute Gasteiger partial charge is 0.180 e. The molecule has 2 aromatic rings. The lowest BCUT2D eigenvalue weighted by Gasteiger charge is -2.16. The highest BCUT2D eigenvalue weighted by molar-refractivity contribution is 6.32. The van der Waals surface area contributed by atoms with Gasteiger partial charge < -0.3 is 19.7 Å². The van der Waals surface area contributed by atoms with Crippen molar-refractivity contribution in [2.45, 2.75) is 26.5 Å². The maximum Gasteiger partial charge on any atom is 0.180 e. The molecule has 1 N–H and O–H groups in total. The van der Waals surface area contributed by atoms with E-state index in [2.05, 4.69) is 24.3 Å². The van der Waals surface area contributed by atoms with E-state index < -0.39 is 0 Å². The highest BCUT2D eigenvalue weighted by atomic mass is 35.5. The van der Waals surface area contributed by atoms with Crippen molar-refractivity contribution in [3.63, 3.8) is 0 Å². The van der Waals surface area contributed by atoms with Gasteiger partial charge in [-0.1, -0.05) is 29.8 Å². The van der Waals surface area contributed by atoms with Gasteiger partial charge in [-0.25, -0.2) is 4.39 Å². The summed E-state index contributed by atoms with van der Waals surface area (Å²) >= 11 is 6.42. The Kier molecular flexibility index (Phi) is 14.1. The molecule has 0 aliphatic heterocycles. The number of ether oxygens (including phenoxy) is 2. The van der Waals surface area contributed by atoms with Crippen LogP contribution < -0.4 is 14.8 Å². The Bertz CT molecular complexity index is 733. The summed E-state index contributed by atoms with van der Waals surface area (Å²) in [5.74, 6) is 0.717. The molecule has 0 atom stereocenters. The molecule has 2 rings (SSSR count). The Labute approximate surface area is 190 Å². The third kappa shape index (κ3) is 9.41. The van der Waals surface area contributed by atoms with Crippen LogP contribution in [0.1, 0.15) is 24.5 Å². The van der Waals surface area contributed by atoms with Crippen molar-refractivity contribution in [3.05, 3.63) is 58.4 Å². The van der Waals surface area contributed by atoms with Crippen molar-refractivity contribution in [2.24, 2.45) is 0 Å². The molecule has 0 aliphatic rings. The van der Waals surface area contributed by atoms with E-state index in [0.29, 0.717) is 35.2 Å². The molecule has 0 saturated heterocycles. The van der Waals surface area contributed by atoms with E-state index in [0.717, 1.165) is 25.1 Å². The summed E-state index contributed by atoms with van der Waals surface area (Å²) in [7, 11) is 4.13. The molecule has 0 unspecified atom stereocenters. The number of nitrogens with zero attached hydrogens (tertiary/aromatic N) is 1. The summed E-state index contributed by atoms with van der Waals surface area (Å²) in [5.41, 5.74) is 1.49. The minimum atomic E-state index is -0.301. The van der Waals surface area contributed by atoms with Crippen LogP contribution >= 0.6 is 36.4 Å². The van der Waals surface area contributed by atoms with Crippen molar-refractivity contribution in [2.75, 3.05) is 33.8 Å². The normalized spacial score (nSPS) is 10.3. The summed E-state index contributed by atoms with van der Waals surface area (Å²) in [6, 6.07) is 10.3. The second-order valence-electron chi connectivity index (χ2n) is 6.55. The predicted molar refractivity (Wildman–Crippen MR) is 123 cm³/mol. The zero-order chi connectivity index (χ0) is 19.6. The lowest BCUT2D eigenvalue weighted by molar-refractivity contribution is 0.266. The molecule has 2 aromatic carbocycles. The number of rotatable bonds is 11. The van der Waals surface area contributed by atoms with Gasteiger partial charge >= 0.3 is 0 Å². The van der Waals surface area contributed by atoms with Crippen LogP contribution in [0.3, 0.4) is 0 Å². The third-order valence-corrected chi connectivity index (χ3v) is 4.27. The molecule has 0 fully saturated rings. The highest BCUT2D eigenvalue weighted by Gasteiger charge is 2.14. The number of benzene rings is 2. The lowest BCUT2D eigenvalue weighted by atomic mass is 10.2. The van der Waals surface area contributed by atoms with Crippen LogP contribution in [-0.2, 0) is 13.2 Å². The Hall–Kier alpha value is -1.24. The van der Waals surface area contributed by atoms with Crippen LogP contribution in [0.5, 0.6) is 11.5 Å². The van der Waals surface area contributed by atoms with E-state index >= 15 is 0 Å². The molecule has 0 heterocycles. The van der Waals surface area contributed by atoms with Gasteiger partial charge in [-0.2, -0.15) is 0 Å². The Morgan fingerprint density at radius 1 is 1.10 bits per heavy atom. The van der Waals surface area contributed by atoms with E-state index in [1.807, 2.05) is 19.1 Å². The van der Waals surface area contributed by atoms with E-state index in [1.54, 1.807) is 18.2 Å². The predicted octanol–water partition coefficient (Wildman–Crippen LogP) is 5.34. The van der Waals surface area contributed by atoms with Crippen LogP contribution in [0.2, 0.25) is 5.02 Å². The molecular weight excluding hydrogens is 438 g/mol. The highest BCUT2D eigenvalue weighted by Crippen LogP contribution is 2.37. The van der Waals surface area contributed by atoms with Crippen LogP contribution in [0.4, 0.5) is 4.39 Å². The quantitative estimate of drug-likeness (QED) is 0.452. The summed E-state index contributed by atoms with van der Waals surface area (Å²) in [6.07, 6.45) is 1.07. The molecule has 0 aromatic heterocycles. The zero-order valence-electron chi connectivity index (χ0n) is 17.0. The minimum Gasteiger partial charge on any atom is -0.490 e. The van der Waals surface area contributed by atoms with E-state index in [9.17, 15) is 4.39 Å². The van der Waals surface area contributed by atoms with Gasteiger partial charge in [0.05, 0.1) is 11.6 Å². The summed E-state index contributed by atoms with van der Waals surface area (Å²) in [4.78, 5) is 2.16. The fraction of sp³-hybridized carbons (Fsp3) is 0.429. The van der Waals surface area contributed by atoms with Crippen LogP contribution in [0, 0.1) is 5.82 Å². The molecule has 0 bridgehead atoms. The maximum atomic E-state index is 13.8. The molecule has 4 nitrogen and oxygen atoms in total. The molecule has 8 heteroatoms. The van der Waals surface area contributed by atoms with Crippen LogP contribution in [-0.4, -0.2) is 38.7 Å². The van der Waals surface area contributed by atoms with Gasteiger partial charge in [0.2, 0.25) is 0 Å². The van der Waals surface area contributed by atoms with Gasteiger partial charge in [-0.05, 0) is 64.3 Å². The van der Waals surface area contributed by atoms with Crippen molar-refractivity contribution in [1.82, 2.24) is 10.2 Å². The third-order valence-electron chi connectivity index (χ3n) is 3.99. The standard InChI is InChI=1S/C21H28ClFN2O2.2ClH/c1-4-26-20-13-16(14-24-10-7-11-25(2)3)12-18(22)21(20)27-15-17-8-5-6-9-19(17)23;;/h5-6,8-9,12-13,24H,4,7,10-11,14-15H2,1-3H3;2*1H. The Balaban J connectivity index is 0.00000392. The van der Waals surface area contributed by atoms with Crippen LogP contribution in [0.15, 0.2) is 36.4 Å². The van der Waals surface area contributed by atoms with Gasteiger partial charge in [-0.15, -0.1) is 24.8 Å². The minimum absolute atomic E-state index is 0. The Morgan fingerprint density at radius 2 is 1.83 bits per heavy atom. The zero-order valence-corrected chi connectivity index (χ0v) is 19.4. The van der Waals surface area contributed by atoms with Crippen molar-refractivity contribution in [1.29, 1.82) is 0 Å². The van der Waals surface area contributed by atoms with Gasteiger partial charge in [0.1, 0.15) is 12.4 Å². The lowest BCUT2D eigenvalue weighted by Crippen LogP contribution is -2.21. The van der Waals surface area contributed by atoms with E-state index in [4.69, 9.17) is 21.1 Å². The molecule has 0 aliphatic carbocycles. The molecule has 0 saturated carbocycles. The molecule has 29 heavy (non-hydrogen) atoms. The van der Waals surface area contributed by atoms with Gasteiger partial charge in [-0.3, -0.25) is 0 Å². The topological polar surface area (TPSA) is 33.7 Å². The average molecular weight is 468 g/mol. The number of nitrogens with one attached hydrogen (secondary N) is 1. The van der Waals surface area contributed by atoms with E-state index in [-0.39, 0.29) is 37.2 Å². The second kappa shape index (κ2) is 14.7. The number of hydrogen-bond acceptors (Lipinski definition) is 4. The van der Waals surface area contributed by atoms with Crippen LogP contribution in [0.25, 0.3) is 0 Å². The summed E-state index contributed by atoms with van der Waals surface area (Å²) in [5, 5.41) is 3.87. The Morgan fingerprint density at radius 3 is 2.48 bits per heavy atom. The second-order valence-corrected chi connectivity index (χ2v) is 6.96. The number of hydrogen-bond donors (Lipinski definition) is 1. The average Bonchev–Trinajstić information content (AvgIpc) is 2.62. The van der Waals surface area contributed by atoms with Crippen molar-refractivity contribution in [3.8, 4) is 11.5 Å². The maximum absolute atomic E-state index is 13.8. The van der Waals surface area contributed by atoms with E-state index in [1.165, 1.54) is 6.07 Å².